The molecule has 4 aromatic rings. The van der Waals surface area contributed by atoms with E-state index in [1.54, 1.807) is 24.3 Å². The number of nitro benzene ring substituents is 2. The highest BCUT2D eigenvalue weighted by Gasteiger charge is 2.23. The van der Waals surface area contributed by atoms with Crippen LogP contribution in [0.4, 0.5) is 11.4 Å². The zero-order chi connectivity index (χ0) is 24.2. The van der Waals surface area contributed by atoms with Gasteiger partial charge in [0.15, 0.2) is 5.76 Å². The van der Waals surface area contributed by atoms with Gasteiger partial charge in [-0.05, 0) is 24.3 Å². The van der Waals surface area contributed by atoms with Crippen molar-refractivity contribution >= 4 is 39.4 Å². The monoisotopic (exact) mass is 524 g/mol. The number of carbonyl (C=O) groups is 1. The Morgan fingerprint density at radius 1 is 1.12 bits per heavy atom. The average molecular weight is 525 g/mol. The van der Waals surface area contributed by atoms with Crippen LogP contribution in [0.2, 0.25) is 0 Å². The molecule has 0 saturated heterocycles. The lowest BCUT2D eigenvalue weighted by Crippen LogP contribution is -2.16. The van der Waals surface area contributed by atoms with Crippen molar-refractivity contribution in [2.45, 2.75) is 0 Å². The molecular formula is C21H13BrN6O6. The molecule has 0 fully saturated rings. The van der Waals surface area contributed by atoms with Crippen LogP contribution >= 0.6 is 15.9 Å². The number of nitrogens with one attached hydrogen (secondary N) is 1. The van der Waals surface area contributed by atoms with E-state index in [4.69, 9.17) is 4.42 Å². The molecule has 1 amide bonds. The summed E-state index contributed by atoms with van der Waals surface area (Å²) in [4.78, 5) is 33.3. The van der Waals surface area contributed by atoms with Gasteiger partial charge >= 0.3 is 11.6 Å². The third-order valence-electron chi connectivity index (χ3n) is 4.60. The minimum atomic E-state index is -0.723. The van der Waals surface area contributed by atoms with Gasteiger partial charge in [-0.1, -0.05) is 34.1 Å². The quantitative estimate of drug-likeness (QED) is 0.212. The van der Waals surface area contributed by atoms with Crippen molar-refractivity contribution in [3.63, 3.8) is 0 Å². The van der Waals surface area contributed by atoms with E-state index in [1.165, 1.54) is 35.5 Å². The topological polar surface area (TPSA) is 159 Å². The molecule has 0 bridgehead atoms. The van der Waals surface area contributed by atoms with Gasteiger partial charge in [-0.2, -0.15) is 10.2 Å². The molecule has 0 radical (unpaired) electrons. The van der Waals surface area contributed by atoms with Gasteiger partial charge in [0, 0.05) is 27.9 Å². The van der Waals surface area contributed by atoms with Crippen LogP contribution in [0, 0.1) is 20.2 Å². The van der Waals surface area contributed by atoms with Gasteiger partial charge in [0.1, 0.15) is 11.4 Å². The Hall–Kier alpha value is -4.65. The summed E-state index contributed by atoms with van der Waals surface area (Å²) in [5.74, 6) is -0.498. The van der Waals surface area contributed by atoms with Crippen molar-refractivity contribution in [1.82, 2.24) is 15.2 Å². The van der Waals surface area contributed by atoms with Crippen LogP contribution in [-0.4, -0.2) is 31.7 Å². The van der Waals surface area contributed by atoms with E-state index >= 15 is 0 Å². The van der Waals surface area contributed by atoms with Crippen LogP contribution in [0.1, 0.15) is 16.1 Å². The molecule has 4 rings (SSSR count). The van der Waals surface area contributed by atoms with Gasteiger partial charge in [-0.15, -0.1) is 0 Å². The molecule has 170 valence electrons. The number of hydrogen-bond donors (Lipinski definition) is 1. The number of nitrogens with zero attached hydrogens (tertiary/aromatic N) is 5. The standard InChI is InChI=1S/C21H13BrN6O6/c22-16-5-2-1-4-15(16)20-13(11-23-24-21(29)19-6-3-9-34-19)12-26(25-20)17-8-7-14(27(30)31)10-18(17)28(32)33/h1-12H,(H,24,29)/b23-11+. The molecule has 0 aliphatic rings. The summed E-state index contributed by atoms with van der Waals surface area (Å²) in [5.41, 5.74) is 2.90. The fourth-order valence-corrected chi connectivity index (χ4v) is 3.53. The molecule has 13 heteroatoms. The highest BCUT2D eigenvalue weighted by Crippen LogP contribution is 2.32. The second kappa shape index (κ2) is 9.46. The lowest BCUT2D eigenvalue weighted by atomic mass is 10.1. The second-order valence-electron chi connectivity index (χ2n) is 6.72. The van der Waals surface area contributed by atoms with E-state index in [0.29, 0.717) is 21.3 Å². The normalized spacial score (nSPS) is 11.0. The summed E-state index contributed by atoms with van der Waals surface area (Å²) >= 11 is 3.45. The van der Waals surface area contributed by atoms with E-state index in [9.17, 15) is 25.0 Å². The van der Waals surface area contributed by atoms with Crippen LogP contribution < -0.4 is 5.43 Å². The number of non-ortho nitro benzene ring substituents is 1. The fraction of sp³-hybridized carbons (Fsp3) is 0. The predicted octanol–water partition coefficient (Wildman–Crippen LogP) is 4.48. The Morgan fingerprint density at radius 2 is 1.91 bits per heavy atom. The van der Waals surface area contributed by atoms with Crippen molar-refractivity contribution in [2.75, 3.05) is 0 Å². The minimum Gasteiger partial charge on any atom is -0.459 e. The molecular weight excluding hydrogens is 512 g/mol. The molecule has 0 atom stereocenters. The zero-order valence-electron chi connectivity index (χ0n) is 17.0. The lowest BCUT2D eigenvalue weighted by Gasteiger charge is -2.04. The molecule has 0 unspecified atom stereocenters. The summed E-state index contributed by atoms with van der Waals surface area (Å²) < 4.78 is 6.94. The number of hydrogen-bond acceptors (Lipinski definition) is 8. The van der Waals surface area contributed by atoms with Gasteiger partial charge in [0.05, 0.1) is 28.4 Å². The molecule has 1 N–H and O–H groups in total. The van der Waals surface area contributed by atoms with Crippen LogP contribution in [-0.2, 0) is 0 Å². The first-order valence-corrected chi connectivity index (χ1v) is 10.3. The number of carbonyl (C=O) groups excluding carboxylic acids is 1. The van der Waals surface area contributed by atoms with Crippen molar-refractivity contribution in [1.29, 1.82) is 0 Å². The predicted molar refractivity (Wildman–Crippen MR) is 124 cm³/mol. The molecule has 0 spiro atoms. The maximum atomic E-state index is 12.1. The first-order chi connectivity index (χ1) is 16.3. The van der Waals surface area contributed by atoms with Gasteiger partial charge < -0.3 is 4.42 Å². The molecule has 2 heterocycles. The van der Waals surface area contributed by atoms with Gasteiger partial charge in [0.2, 0.25) is 0 Å². The summed E-state index contributed by atoms with van der Waals surface area (Å²) in [6.45, 7) is 0. The summed E-state index contributed by atoms with van der Waals surface area (Å²) in [7, 11) is 0. The van der Waals surface area contributed by atoms with Gasteiger partial charge in [-0.25, -0.2) is 10.1 Å². The number of amides is 1. The van der Waals surface area contributed by atoms with E-state index in [2.05, 4.69) is 31.6 Å². The lowest BCUT2D eigenvalue weighted by molar-refractivity contribution is -0.394. The van der Waals surface area contributed by atoms with Crippen molar-refractivity contribution in [3.8, 4) is 16.9 Å². The molecule has 12 nitrogen and oxygen atoms in total. The Kier molecular flexibility index (Phi) is 6.27. The summed E-state index contributed by atoms with van der Waals surface area (Å²) in [6.07, 6.45) is 4.15. The van der Waals surface area contributed by atoms with Crippen LogP contribution in [0.25, 0.3) is 16.9 Å². The largest absolute Gasteiger partial charge is 0.459 e. The Balaban J connectivity index is 1.78. The Labute approximate surface area is 198 Å². The number of aromatic nitrogens is 2. The maximum Gasteiger partial charge on any atom is 0.307 e. The smallest absolute Gasteiger partial charge is 0.307 e. The average Bonchev–Trinajstić information content (AvgIpc) is 3.49. The number of rotatable bonds is 7. The van der Waals surface area contributed by atoms with Crippen LogP contribution in [0.5, 0.6) is 0 Å². The molecule has 2 aromatic heterocycles. The summed E-state index contributed by atoms with van der Waals surface area (Å²) in [6, 6.07) is 13.5. The van der Waals surface area contributed by atoms with Gasteiger partial charge in [-0.3, -0.25) is 25.0 Å². The highest BCUT2D eigenvalue weighted by molar-refractivity contribution is 9.10. The molecule has 0 saturated carbocycles. The number of furan rings is 1. The third-order valence-corrected chi connectivity index (χ3v) is 5.29. The summed E-state index contributed by atoms with van der Waals surface area (Å²) in [5, 5.41) is 31.1. The first-order valence-electron chi connectivity index (χ1n) is 9.50. The fourth-order valence-electron chi connectivity index (χ4n) is 3.06. The number of nitro groups is 2. The highest BCUT2D eigenvalue weighted by atomic mass is 79.9. The van der Waals surface area contributed by atoms with Crippen molar-refractivity contribution < 1.29 is 19.1 Å². The Morgan fingerprint density at radius 3 is 2.59 bits per heavy atom. The van der Waals surface area contributed by atoms with Gasteiger partial charge in [0.25, 0.3) is 5.69 Å². The number of hydrazone groups is 1. The number of benzene rings is 2. The van der Waals surface area contributed by atoms with Crippen molar-refractivity contribution in [2.24, 2.45) is 5.10 Å². The van der Waals surface area contributed by atoms with E-state index in [0.717, 1.165) is 12.1 Å². The SMILES string of the molecule is O=C(N/N=C/c1cn(-c2ccc([N+](=O)[O-])cc2[N+](=O)[O-])nc1-c1ccccc1Br)c1ccco1. The maximum absolute atomic E-state index is 12.1. The second-order valence-corrected chi connectivity index (χ2v) is 7.58. The van der Waals surface area contributed by atoms with E-state index in [1.807, 2.05) is 6.07 Å². The van der Waals surface area contributed by atoms with E-state index < -0.39 is 27.1 Å². The zero-order valence-corrected chi connectivity index (χ0v) is 18.6. The molecule has 2 aromatic carbocycles. The van der Waals surface area contributed by atoms with Crippen molar-refractivity contribution in [3.05, 3.63) is 103 Å². The number of halogens is 1. The first kappa shape index (κ1) is 22.5. The molecule has 0 aliphatic carbocycles. The molecule has 34 heavy (non-hydrogen) atoms. The third kappa shape index (κ3) is 4.59. The van der Waals surface area contributed by atoms with E-state index in [-0.39, 0.29) is 11.4 Å². The minimum absolute atomic E-state index is 0.0168. The van der Waals surface area contributed by atoms with Crippen LogP contribution in [0.15, 0.2) is 81.0 Å². The Bertz CT molecular complexity index is 1430. The van der Waals surface area contributed by atoms with Crippen LogP contribution in [0.3, 0.4) is 0 Å². The molecule has 0 aliphatic heterocycles.